The molecule has 29 heavy (non-hydrogen) atoms. The Bertz CT molecular complexity index is 546. The topological polar surface area (TPSA) is 81.6 Å². The molecule has 6 nitrogen and oxygen atoms in total. The number of hydrogen-bond donors (Lipinski definition) is 2. The molecular weight excluding hydrogens is 436 g/mol. The normalized spacial score (nSPS) is 14.7. The highest BCUT2D eigenvalue weighted by molar-refractivity contribution is 8.93. The van der Waals surface area contributed by atoms with Crippen LogP contribution < -0.4 is 15.2 Å². The summed E-state index contributed by atoms with van der Waals surface area (Å²) in [4.78, 5) is 10.5. The number of halogens is 1. The van der Waals surface area contributed by atoms with E-state index in [9.17, 15) is 9.90 Å². The van der Waals surface area contributed by atoms with Crippen LogP contribution in [0.4, 0.5) is 10.5 Å². The highest BCUT2D eigenvalue weighted by Crippen LogP contribution is 2.23. The molecule has 0 atom stereocenters. The van der Waals surface area contributed by atoms with E-state index in [-0.39, 0.29) is 17.0 Å². The van der Waals surface area contributed by atoms with Crippen LogP contribution in [-0.4, -0.2) is 55.6 Å². The van der Waals surface area contributed by atoms with Gasteiger partial charge in [-0.1, -0.05) is 44.7 Å². The lowest BCUT2D eigenvalue weighted by atomic mass is 10.1. The summed E-state index contributed by atoms with van der Waals surface area (Å²) in [5.74, 6) is 0.553. The third kappa shape index (κ3) is 12.8. The number of anilines is 1. The molecule has 0 bridgehead atoms. The maximum atomic E-state index is 10.5. The van der Waals surface area contributed by atoms with E-state index in [1.807, 2.05) is 6.07 Å². The van der Waals surface area contributed by atoms with Gasteiger partial charge in [0.05, 0.1) is 39.0 Å². The molecule has 0 unspecified atom stereocenters. The maximum absolute atomic E-state index is 10.5. The number of likely N-dealkylation sites (tertiary alicyclic amines) is 1. The number of rotatable bonds is 10. The Morgan fingerprint density at radius 3 is 2.41 bits per heavy atom. The lowest BCUT2D eigenvalue weighted by molar-refractivity contribution is -0.914. The summed E-state index contributed by atoms with van der Waals surface area (Å²) in [7, 11) is 2.25. The van der Waals surface area contributed by atoms with Crippen molar-refractivity contribution in [3.05, 3.63) is 24.3 Å². The number of unbranched alkanes of at least 4 members (excludes halogenated alkanes) is 4. The highest BCUT2D eigenvalue weighted by Gasteiger charge is 2.23. The molecule has 0 aromatic heterocycles. The molecule has 168 valence electrons. The Morgan fingerprint density at radius 1 is 1.14 bits per heavy atom. The summed E-state index contributed by atoms with van der Waals surface area (Å²) in [5.41, 5.74) is 0.436. The zero-order chi connectivity index (χ0) is 20.7. The quantitative estimate of drug-likeness (QED) is 0.396. The predicted octanol–water partition coefficient (Wildman–Crippen LogP) is 3.98. The third-order valence-electron chi connectivity index (χ3n) is 5.16. The van der Waals surface area contributed by atoms with Crippen molar-refractivity contribution in [3.8, 4) is 5.75 Å². The Morgan fingerprint density at radius 2 is 1.79 bits per heavy atom. The third-order valence-corrected chi connectivity index (χ3v) is 5.16. The Labute approximate surface area is 186 Å². The molecule has 0 radical (unpaired) electrons. The average Bonchev–Trinajstić information content (AvgIpc) is 2.66. The fraction of sp³-hybridized carbons (Fsp3) is 0.682. The van der Waals surface area contributed by atoms with Crippen LogP contribution in [0.2, 0.25) is 0 Å². The average molecular weight is 475 g/mol. The number of aliphatic hydroxyl groups is 1. The monoisotopic (exact) mass is 474 g/mol. The number of aliphatic hydroxyl groups excluding tert-OH is 1. The summed E-state index contributed by atoms with van der Waals surface area (Å²) in [6, 6.07) is 6.96. The van der Waals surface area contributed by atoms with E-state index >= 15 is 0 Å². The molecule has 1 aromatic rings. The minimum Gasteiger partial charge on any atom is -0.530 e. The second-order valence-electron chi connectivity index (χ2n) is 7.75. The van der Waals surface area contributed by atoms with Crippen molar-refractivity contribution >= 4 is 28.8 Å². The lowest BCUT2D eigenvalue weighted by Crippen LogP contribution is -2.49. The van der Waals surface area contributed by atoms with Gasteiger partial charge >= 0.3 is 0 Å². The van der Waals surface area contributed by atoms with Crippen molar-refractivity contribution < 1.29 is 24.2 Å². The van der Waals surface area contributed by atoms with Gasteiger partial charge in [-0.25, -0.2) is 0 Å². The molecule has 7 heteroatoms. The van der Waals surface area contributed by atoms with Crippen molar-refractivity contribution in [1.29, 1.82) is 0 Å². The molecular formula is C22H39BrN2O4. The van der Waals surface area contributed by atoms with Crippen LogP contribution >= 0.6 is 17.0 Å². The molecule has 1 amide bonds. The first-order valence-corrected chi connectivity index (χ1v) is 10.6. The van der Waals surface area contributed by atoms with Gasteiger partial charge in [-0.05, 0) is 37.8 Å². The fourth-order valence-electron chi connectivity index (χ4n) is 3.43. The van der Waals surface area contributed by atoms with Crippen molar-refractivity contribution in [1.82, 2.24) is 0 Å². The molecule has 1 fully saturated rings. The molecule has 1 saturated heterocycles. The van der Waals surface area contributed by atoms with E-state index in [0.717, 1.165) is 23.9 Å². The van der Waals surface area contributed by atoms with Gasteiger partial charge in [0.25, 0.3) is 0 Å². The second-order valence-corrected chi connectivity index (χ2v) is 7.75. The first kappa shape index (κ1) is 27.7. The van der Waals surface area contributed by atoms with Crippen molar-refractivity contribution in [3.63, 3.8) is 0 Å². The number of piperidine rings is 1. The maximum Gasteiger partial charge on any atom is 0.142 e. The van der Waals surface area contributed by atoms with Gasteiger partial charge in [0.2, 0.25) is 0 Å². The number of nitrogens with zero attached hydrogens (tertiary/aromatic N) is 1. The number of para-hydroxylation sites is 2. The number of benzene rings is 1. The van der Waals surface area contributed by atoms with Crippen LogP contribution in [0.25, 0.3) is 0 Å². The van der Waals surface area contributed by atoms with E-state index in [1.54, 1.807) is 18.2 Å². The standard InChI is InChI=1S/C14H21NO3.C8H18NO.BrH/c1-2-3-4-5-8-11-18-13-10-7-6-9-12(13)15-14(16)17;1-9(7-8-10)5-3-2-4-6-9;/h6-7,9-10,15H,2-5,8,11H2,1H3,(H,16,17);10H,2-8H2,1H3;1H/q;+1;/p-1. The molecule has 2 N–H and O–H groups in total. The molecule has 0 saturated carbocycles. The number of carboxylic acid groups (broad SMARTS) is 1. The number of hydrogen-bond acceptors (Lipinski definition) is 4. The van der Waals surface area contributed by atoms with E-state index in [2.05, 4.69) is 19.3 Å². The summed E-state index contributed by atoms with van der Waals surface area (Å²) in [6.45, 7) is 6.60. The van der Waals surface area contributed by atoms with E-state index in [4.69, 9.17) is 9.84 Å². The van der Waals surface area contributed by atoms with Gasteiger partial charge in [0, 0.05) is 0 Å². The SMILES string of the molecule is Br.CCCCCCCOc1ccccc1NC(=O)[O-].C[N+]1(CCO)CCCCC1. The zero-order valence-electron chi connectivity index (χ0n) is 18.0. The summed E-state index contributed by atoms with van der Waals surface area (Å²) in [6.07, 6.45) is 8.57. The minimum atomic E-state index is -1.33. The number of carbonyl (C=O) groups excluding carboxylic acids is 1. The number of ether oxygens (including phenoxy) is 1. The highest BCUT2D eigenvalue weighted by atomic mass is 79.9. The second kappa shape index (κ2) is 16.5. The molecule has 1 aromatic carbocycles. The van der Waals surface area contributed by atoms with Crippen molar-refractivity contribution in [2.75, 3.05) is 45.2 Å². The number of likely N-dealkylation sites (N-methyl/N-ethyl adjacent to an activating group) is 1. The zero-order valence-corrected chi connectivity index (χ0v) is 19.7. The molecule has 1 aliphatic heterocycles. The smallest absolute Gasteiger partial charge is 0.142 e. The molecule has 1 aliphatic rings. The van der Waals surface area contributed by atoms with Crippen molar-refractivity contribution in [2.24, 2.45) is 0 Å². The number of amides is 1. The van der Waals surface area contributed by atoms with Gasteiger partial charge in [-0.15, -0.1) is 17.0 Å². The van der Waals surface area contributed by atoms with Gasteiger partial charge < -0.3 is 29.5 Å². The molecule has 0 aliphatic carbocycles. The summed E-state index contributed by atoms with van der Waals surface area (Å²) < 4.78 is 6.66. The number of nitrogens with one attached hydrogen (secondary N) is 1. The van der Waals surface area contributed by atoms with Crippen LogP contribution in [-0.2, 0) is 0 Å². The van der Waals surface area contributed by atoms with E-state index < -0.39 is 6.09 Å². The number of carbonyl (C=O) groups is 1. The summed E-state index contributed by atoms with van der Waals surface area (Å²) in [5, 5.41) is 21.5. The van der Waals surface area contributed by atoms with Gasteiger partial charge in [-0.2, -0.15) is 0 Å². The van der Waals surface area contributed by atoms with Crippen LogP contribution in [0, 0.1) is 0 Å². The van der Waals surface area contributed by atoms with E-state index in [1.165, 1.54) is 51.6 Å². The van der Waals surface area contributed by atoms with Crippen molar-refractivity contribution in [2.45, 2.75) is 58.3 Å². The Kier molecular flexibility index (Phi) is 15.7. The first-order chi connectivity index (χ1) is 13.5. The summed E-state index contributed by atoms with van der Waals surface area (Å²) >= 11 is 0. The molecule has 2 rings (SSSR count). The first-order valence-electron chi connectivity index (χ1n) is 10.6. The minimum absolute atomic E-state index is 0. The van der Waals surface area contributed by atoms with Gasteiger partial charge in [0.1, 0.15) is 18.4 Å². The van der Waals surface area contributed by atoms with Gasteiger partial charge in [0.15, 0.2) is 0 Å². The lowest BCUT2D eigenvalue weighted by Gasteiger charge is -2.37. The van der Waals surface area contributed by atoms with Crippen LogP contribution in [0.1, 0.15) is 58.3 Å². The fourth-order valence-corrected chi connectivity index (χ4v) is 3.43. The van der Waals surface area contributed by atoms with Gasteiger partial charge in [-0.3, -0.25) is 0 Å². The van der Waals surface area contributed by atoms with Crippen LogP contribution in [0.15, 0.2) is 24.3 Å². The van der Waals surface area contributed by atoms with E-state index in [0.29, 0.717) is 24.7 Å². The van der Waals surface area contributed by atoms with Crippen LogP contribution in [0.3, 0.4) is 0 Å². The largest absolute Gasteiger partial charge is 0.530 e. The predicted molar refractivity (Wildman–Crippen MR) is 122 cm³/mol. The Balaban J connectivity index is 0.000000606. The van der Waals surface area contributed by atoms with Crippen LogP contribution in [0.5, 0.6) is 5.75 Å². The molecule has 0 spiro atoms. The number of quaternary nitrogens is 1. The molecule has 1 heterocycles. The Hall–Kier alpha value is -1.31.